The number of anilines is 1. The van der Waals surface area contributed by atoms with E-state index in [1.807, 2.05) is 30.3 Å². The van der Waals surface area contributed by atoms with Gasteiger partial charge in [-0.15, -0.1) is 0 Å². The molecular formula is C26H29FN3O5P. The number of nitrogens with zero attached hydrogens (tertiary/aromatic N) is 2. The summed E-state index contributed by atoms with van der Waals surface area (Å²) in [5.74, 6) is 0.180. The van der Waals surface area contributed by atoms with Crippen LogP contribution in [-0.2, 0) is 17.5 Å². The smallest absolute Gasteiger partial charge is 0.254 e. The highest BCUT2D eigenvalue weighted by Gasteiger charge is 2.28. The van der Waals surface area contributed by atoms with Crippen molar-refractivity contribution in [2.75, 3.05) is 38.3 Å². The number of carbonyl (C=O) groups is 1. The molecule has 190 valence electrons. The van der Waals surface area contributed by atoms with Crippen molar-refractivity contribution in [3.63, 3.8) is 0 Å². The number of aliphatic hydroxyl groups is 1. The number of nitrogens with one attached hydrogen (secondary N) is 1. The van der Waals surface area contributed by atoms with E-state index in [1.165, 1.54) is 12.1 Å². The van der Waals surface area contributed by atoms with Gasteiger partial charge in [0, 0.05) is 48.2 Å². The molecular weight excluding hydrogens is 484 g/mol. The fourth-order valence-corrected chi connectivity index (χ4v) is 5.10. The third kappa shape index (κ3) is 5.43. The third-order valence-electron chi connectivity index (χ3n) is 6.10. The zero-order chi connectivity index (χ0) is 25.9. The minimum absolute atomic E-state index is 0.0147. The van der Waals surface area contributed by atoms with Gasteiger partial charge in [0.05, 0.1) is 18.5 Å². The molecule has 0 saturated heterocycles. The van der Waals surface area contributed by atoms with Gasteiger partial charge in [0.1, 0.15) is 24.0 Å². The summed E-state index contributed by atoms with van der Waals surface area (Å²) in [4.78, 5) is 29.3. The fraction of sp³-hybridized carbons (Fsp3) is 0.308. The Hall–Kier alpha value is -3.26. The van der Waals surface area contributed by atoms with Gasteiger partial charge in [-0.3, -0.25) is 9.36 Å². The molecule has 8 nitrogen and oxygen atoms in total. The average molecular weight is 514 g/mol. The normalized spacial score (nSPS) is 14.9. The van der Waals surface area contributed by atoms with Crippen molar-refractivity contribution in [3.05, 3.63) is 71.2 Å². The van der Waals surface area contributed by atoms with E-state index in [4.69, 9.17) is 9.84 Å². The molecule has 1 aromatic heterocycles. The predicted octanol–water partition coefficient (Wildman–Crippen LogP) is 3.41. The van der Waals surface area contributed by atoms with Gasteiger partial charge in [-0.1, -0.05) is 13.0 Å². The molecule has 0 aliphatic carbocycles. The van der Waals surface area contributed by atoms with Gasteiger partial charge in [-0.05, 0) is 48.4 Å². The summed E-state index contributed by atoms with van der Waals surface area (Å²) in [6, 6.07) is 12.2. The molecule has 3 aromatic rings. The Morgan fingerprint density at radius 2 is 2.00 bits per heavy atom. The van der Waals surface area contributed by atoms with Crippen molar-refractivity contribution in [2.45, 2.75) is 19.9 Å². The number of carbonyl (C=O) groups excluding carboxylic acids is 1. The molecule has 2 aromatic carbocycles. The Bertz CT molecular complexity index is 1310. The summed E-state index contributed by atoms with van der Waals surface area (Å²) >= 11 is 0. The Kier molecular flexibility index (Phi) is 7.73. The second kappa shape index (κ2) is 10.8. The van der Waals surface area contributed by atoms with Crippen LogP contribution in [0.15, 0.2) is 48.7 Å². The van der Waals surface area contributed by atoms with Crippen molar-refractivity contribution in [2.24, 2.45) is 0 Å². The highest BCUT2D eigenvalue weighted by atomic mass is 31.2. The van der Waals surface area contributed by atoms with Gasteiger partial charge in [-0.2, -0.15) is 0 Å². The van der Waals surface area contributed by atoms with Crippen LogP contribution >= 0.6 is 7.37 Å². The maximum atomic E-state index is 15.1. The first-order chi connectivity index (χ1) is 17.2. The van der Waals surface area contributed by atoms with Crippen LogP contribution in [0.4, 0.5) is 10.2 Å². The van der Waals surface area contributed by atoms with Crippen LogP contribution in [0.1, 0.15) is 28.4 Å². The van der Waals surface area contributed by atoms with Gasteiger partial charge in [0.15, 0.2) is 0 Å². The molecule has 0 radical (unpaired) electrons. The van der Waals surface area contributed by atoms with E-state index >= 15 is 4.39 Å². The molecule has 0 bridgehead atoms. The Morgan fingerprint density at radius 1 is 1.22 bits per heavy atom. The Labute approximate surface area is 209 Å². The minimum Gasteiger partial charge on any atom is -0.491 e. The topological polar surface area (TPSA) is 112 Å². The fourth-order valence-electron chi connectivity index (χ4n) is 4.25. The molecule has 0 fully saturated rings. The largest absolute Gasteiger partial charge is 0.491 e. The number of aromatic nitrogens is 1. The second-order valence-electron chi connectivity index (χ2n) is 8.64. The van der Waals surface area contributed by atoms with Gasteiger partial charge in [0.2, 0.25) is 7.37 Å². The summed E-state index contributed by atoms with van der Waals surface area (Å²) in [5, 5.41) is 11.7. The molecule has 1 aliphatic rings. The van der Waals surface area contributed by atoms with Crippen LogP contribution in [0.5, 0.6) is 5.75 Å². The summed E-state index contributed by atoms with van der Waals surface area (Å²) in [5.41, 5.74) is 2.91. The van der Waals surface area contributed by atoms with Crippen molar-refractivity contribution in [1.82, 2.24) is 9.88 Å². The molecule has 36 heavy (non-hydrogen) atoms. The average Bonchev–Trinajstić information content (AvgIpc) is 3.08. The molecule has 3 N–H and O–H groups in total. The van der Waals surface area contributed by atoms with Gasteiger partial charge < -0.3 is 25.0 Å². The van der Waals surface area contributed by atoms with Crippen LogP contribution in [0, 0.1) is 5.82 Å². The van der Waals surface area contributed by atoms with E-state index in [9.17, 15) is 14.3 Å². The monoisotopic (exact) mass is 513 g/mol. The quantitative estimate of drug-likeness (QED) is 0.415. The zero-order valence-corrected chi connectivity index (χ0v) is 21.1. The third-order valence-corrected chi connectivity index (χ3v) is 7.34. The van der Waals surface area contributed by atoms with Crippen LogP contribution in [0.25, 0.3) is 11.1 Å². The molecule has 2 heterocycles. The molecule has 0 spiro atoms. The molecule has 1 amide bonds. The second-order valence-corrected chi connectivity index (χ2v) is 10.9. The van der Waals surface area contributed by atoms with E-state index in [2.05, 4.69) is 10.3 Å². The number of aliphatic hydroxyl groups excluding tert-OH is 1. The zero-order valence-electron chi connectivity index (χ0n) is 20.2. The van der Waals surface area contributed by atoms with Gasteiger partial charge in [-0.25, -0.2) is 9.37 Å². The van der Waals surface area contributed by atoms with Crippen molar-refractivity contribution in [1.29, 1.82) is 0 Å². The molecule has 10 heteroatoms. The Balaban J connectivity index is 1.61. The highest BCUT2D eigenvalue weighted by molar-refractivity contribution is 7.65. The lowest BCUT2D eigenvalue weighted by Gasteiger charge is -2.22. The van der Waals surface area contributed by atoms with Gasteiger partial charge in [0.25, 0.3) is 5.91 Å². The van der Waals surface area contributed by atoms with Crippen molar-refractivity contribution < 1.29 is 28.5 Å². The number of amides is 1. The van der Waals surface area contributed by atoms with E-state index in [0.717, 1.165) is 23.4 Å². The summed E-state index contributed by atoms with van der Waals surface area (Å²) in [6.07, 6.45) is 1.94. The maximum absolute atomic E-state index is 15.1. The summed E-state index contributed by atoms with van der Waals surface area (Å²) in [7, 11) is -3.81. The maximum Gasteiger partial charge on any atom is 0.254 e. The van der Waals surface area contributed by atoms with E-state index in [0.29, 0.717) is 24.7 Å². The van der Waals surface area contributed by atoms with Crippen molar-refractivity contribution >= 4 is 24.4 Å². The number of halogens is 1. The predicted molar refractivity (Wildman–Crippen MR) is 137 cm³/mol. The number of hydrogen-bond acceptors (Lipinski definition) is 6. The number of rotatable bonds is 7. The van der Waals surface area contributed by atoms with Crippen LogP contribution < -0.4 is 15.4 Å². The van der Waals surface area contributed by atoms with E-state index in [1.54, 1.807) is 18.0 Å². The van der Waals surface area contributed by atoms with Crippen LogP contribution in [0.3, 0.4) is 0 Å². The molecule has 0 saturated carbocycles. The molecule has 1 unspecified atom stereocenters. The minimum atomic E-state index is -3.81. The number of ether oxygens (including phenoxy) is 1. The summed E-state index contributed by atoms with van der Waals surface area (Å²) in [6.45, 7) is 4.09. The number of hydrogen-bond donors (Lipinski definition) is 3. The van der Waals surface area contributed by atoms with E-state index in [-0.39, 0.29) is 48.5 Å². The van der Waals surface area contributed by atoms with Crippen LogP contribution in [-0.4, -0.2) is 58.8 Å². The van der Waals surface area contributed by atoms with Gasteiger partial charge >= 0.3 is 0 Å². The molecule has 1 atom stereocenters. The molecule has 1 aliphatic heterocycles. The number of benzene rings is 2. The standard InChI is InChI=1S/C26H29FN3O5P/c1-3-20-21(6-8-23(25(20)27)36(2,33)34)26(32)30-11-13-35-22-7-4-17(14-19(22)16-30)18-5-9-24(29-15-18)28-10-12-31/h4-9,14-15,31H,3,10-13,16H2,1-2H3,(H,28,29)(H,33,34). The SMILES string of the molecule is CCc1c(C(=O)N2CCOc3ccc(-c4ccc(NCCO)nc4)cc3C2)ccc(P(C)(=O)O)c1F. The Morgan fingerprint density at radius 3 is 2.67 bits per heavy atom. The number of fused-ring (bicyclic) bond motifs is 1. The first-order valence-electron chi connectivity index (χ1n) is 11.7. The first-order valence-corrected chi connectivity index (χ1v) is 13.8. The van der Waals surface area contributed by atoms with Crippen LogP contribution in [0.2, 0.25) is 0 Å². The summed E-state index contributed by atoms with van der Waals surface area (Å²) < 4.78 is 33.0. The highest BCUT2D eigenvalue weighted by Crippen LogP contribution is 2.37. The number of pyridine rings is 1. The first kappa shape index (κ1) is 25.8. The van der Waals surface area contributed by atoms with Crippen molar-refractivity contribution in [3.8, 4) is 16.9 Å². The lowest BCUT2D eigenvalue weighted by molar-refractivity contribution is 0.0731. The lowest BCUT2D eigenvalue weighted by Crippen LogP contribution is -2.33. The molecule has 4 rings (SSSR count). The van der Waals surface area contributed by atoms with E-state index < -0.39 is 13.2 Å². The lowest BCUT2D eigenvalue weighted by atomic mass is 10.0.